The first-order valence-electron chi connectivity index (χ1n) is 8.98. The summed E-state index contributed by atoms with van der Waals surface area (Å²) in [6.07, 6.45) is 3.76. The van der Waals surface area contributed by atoms with E-state index >= 15 is 0 Å². The zero-order valence-corrected chi connectivity index (χ0v) is 16.1. The summed E-state index contributed by atoms with van der Waals surface area (Å²) in [7, 11) is 4.08. The Morgan fingerprint density at radius 2 is 1.63 bits per heavy atom. The predicted octanol–water partition coefficient (Wildman–Crippen LogP) is 4.82. The van der Waals surface area contributed by atoms with E-state index in [9.17, 15) is 0 Å². The first-order valence-corrected chi connectivity index (χ1v) is 8.98. The molecular weight excluding hydrogens is 334 g/mol. The van der Waals surface area contributed by atoms with Crippen LogP contribution in [0.1, 0.15) is 11.1 Å². The van der Waals surface area contributed by atoms with Crippen molar-refractivity contribution in [2.75, 3.05) is 24.3 Å². The van der Waals surface area contributed by atoms with Gasteiger partial charge in [0, 0.05) is 43.4 Å². The lowest BCUT2D eigenvalue weighted by Gasteiger charge is -2.15. The van der Waals surface area contributed by atoms with Crippen LogP contribution < -0.4 is 10.2 Å². The zero-order valence-electron chi connectivity index (χ0n) is 16.1. The molecule has 0 saturated heterocycles. The maximum absolute atomic E-state index is 4.79. The molecular formula is C22H23N5. The molecule has 2 aromatic heterocycles. The van der Waals surface area contributed by atoms with Crippen molar-refractivity contribution < 1.29 is 0 Å². The van der Waals surface area contributed by atoms with Gasteiger partial charge in [-0.15, -0.1) is 0 Å². The normalized spacial score (nSPS) is 11.0. The Hall–Kier alpha value is -3.34. The van der Waals surface area contributed by atoms with Crippen LogP contribution in [0.15, 0.2) is 60.9 Å². The highest BCUT2D eigenvalue weighted by atomic mass is 15.2. The van der Waals surface area contributed by atoms with Crippen molar-refractivity contribution in [2.24, 2.45) is 0 Å². The number of imidazole rings is 1. The minimum absolute atomic E-state index is 0.679. The fraction of sp³-hybridized carbons (Fsp3) is 0.182. The number of para-hydroxylation sites is 1. The average molecular weight is 357 g/mol. The summed E-state index contributed by atoms with van der Waals surface area (Å²) in [5.74, 6) is 1.60. The van der Waals surface area contributed by atoms with Gasteiger partial charge in [-0.3, -0.25) is 4.40 Å². The van der Waals surface area contributed by atoms with E-state index in [-0.39, 0.29) is 0 Å². The molecule has 4 rings (SSSR count). The number of benzene rings is 2. The molecule has 5 nitrogen and oxygen atoms in total. The standard InChI is InChI=1S/C22H23N5/c1-15-7-5-8-16(2)19(15)24-21-20(25-22-23-13-6-14-27(21)22)17-9-11-18(12-10-17)26(3)4/h5-14,24H,1-4H3. The minimum atomic E-state index is 0.679. The van der Waals surface area contributed by atoms with Gasteiger partial charge in [-0.05, 0) is 43.2 Å². The Morgan fingerprint density at radius 3 is 2.30 bits per heavy atom. The van der Waals surface area contributed by atoms with Crippen molar-refractivity contribution >= 4 is 23.0 Å². The molecule has 0 amide bonds. The van der Waals surface area contributed by atoms with Gasteiger partial charge in [0.1, 0.15) is 11.5 Å². The van der Waals surface area contributed by atoms with Gasteiger partial charge < -0.3 is 10.2 Å². The molecule has 0 atom stereocenters. The maximum Gasteiger partial charge on any atom is 0.235 e. The molecule has 0 bridgehead atoms. The number of aromatic nitrogens is 3. The van der Waals surface area contributed by atoms with Crippen LogP contribution in [0.3, 0.4) is 0 Å². The number of hydrogen-bond donors (Lipinski definition) is 1. The maximum atomic E-state index is 4.79. The number of fused-ring (bicyclic) bond motifs is 1. The second-order valence-corrected chi connectivity index (χ2v) is 6.93. The molecule has 0 aliphatic heterocycles. The van der Waals surface area contributed by atoms with Crippen molar-refractivity contribution in [3.05, 3.63) is 72.1 Å². The van der Waals surface area contributed by atoms with Crippen LogP contribution in [-0.2, 0) is 0 Å². The number of nitrogens with zero attached hydrogens (tertiary/aromatic N) is 4. The molecule has 1 N–H and O–H groups in total. The summed E-state index contributed by atoms with van der Waals surface area (Å²) in [6, 6.07) is 16.6. The second kappa shape index (κ2) is 6.76. The smallest absolute Gasteiger partial charge is 0.235 e. The summed E-state index contributed by atoms with van der Waals surface area (Å²) < 4.78 is 2.00. The zero-order chi connectivity index (χ0) is 19.0. The number of nitrogens with one attached hydrogen (secondary N) is 1. The lowest BCUT2D eigenvalue weighted by atomic mass is 10.1. The molecule has 0 unspecified atom stereocenters. The molecule has 2 aromatic carbocycles. The largest absolute Gasteiger partial charge is 0.378 e. The van der Waals surface area contributed by atoms with Gasteiger partial charge in [-0.25, -0.2) is 9.97 Å². The van der Waals surface area contributed by atoms with Crippen LogP contribution in [-0.4, -0.2) is 28.5 Å². The lowest BCUT2D eigenvalue weighted by Crippen LogP contribution is -2.08. The fourth-order valence-electron chi connectivity index (χ4n) is 3.26. The van der Waals surface area contributed by atoms with Crippen molar-refractivity contribution in [3.63, 3.8) is 0 Å². The Bertz CT molecular complexity index is 1070. The van der Waals surface area contributed by atoms with Gasteiger partial charge in [-0.2, -0.15) is 0 Å². The van der Waals surface area contributed by atoms with Gasteiger partial charge >= 0.3 is 0 Å². The van der Waals surface area contributed by atoms with Gasteiger partial charge in [-0.1, -0.05) is 30.3 Å². The SMILES string of the molecule is Cc1cccc(C)c1Nc1c(-c2ccc(N(C)C)cc2)nc2ncccn12. The third-order valence-corrected chi connectivity index (χ3v) is 4.79. The van der Waals surface area contributed by atoms with Crippen LogP contribution >= 0.6 is 0 Å². The van der Waals surface area contributed by atoms with Crippen molar-refractivity contribution in [1.82, 2.24) is 14.4 Å². The lowest BCUT2D eigenvalue weighted by molar-refractivity contribution is 1.11. The van der Waals surface area contributed by atoms with Crippen LogP contribution in [0.2, 0.25) is 0 Å². The minimum Gasteiger partial charge on any atom is -0.378 e. The molecule has 136 valence electrons. The highest BCUT2D eigenvalue weighted by molar-refractivity contribution is 5.81. The van der Waals surface area contributed by atoms with Gasteiger partial charge in [0.15, 0.2) is 0 Å². The molecule has 0 saturated carbocycles. The highest BCUT2D eigenvalue weighted by Gasteiger charge is 2.16. The van der Waals surface area contributed by atoms with E-state index in [0.29, 0.717) is 5.78 Å². The first kappa shape index (κ1) is 17.1. The summed E-state index contributed by atoms with van der Waals surface area (Å²) in [4.78, 5) is 11.3. The van der Waals surface area contributed by atoms with Gasteiger partial charge in [0.05, 0.1) is 0 Å². The number of aryl methyl sites for hydroxylation is 2. The first-order chi connectivity index (χ1) is 13.0. The van der Waals surface area contributed by atoms with Crippen molar-refractivity contribution in [3.8, 4) is 11.3 Å². The van der Waals surface area contributed by atoms with Crippen LogP contribution in [0.4, 0.5) is 17.2 Å². The van der Waals surface area contributed by atoms with E-state index in [1.807, 2.05) is 30.8 Å². The summed E-state index contributed by atoms with van der Waals surface area (Å²) in [5, 5.41) is 3.62. The van der Waals surface area contributed by atoms with E-state index in [4.69, 9.17) is 4.98 Å². The Balaban J connectivity index is 1.87. The van der Waals surface area contributed by atoms with Crippen molar-refractivity contribution in [2.45, 2.75) is 13.8 Å². The molecule has 0 radical (unpaired) electrons. The van der Waals surface area contributed by atoms with E-state index < -0.39 is 0 Å². The van der Waals surface area contributed by atoms with Crippen LogP contribution in [0.25, 0.3) is 17.0 Å². The Kier molecular flexibility index (Phi) is 4.28. The average Bonchev–Trinajstić information content (AvgIpc) is 3.03. The molecule has 0 spiro atoms. The predicted molar refractivity (Wildman–Crippen MR) is 112 cm³/mol. The molecule has 4 aromatic rings. The van der Waals surface area contributed by atoms with Crippen LogP contribution in [0, 0.1) is 13.8 Å². The summed E-state index contributed by atoms with van der Waals surface area (Å²) in [5.41, 5.74) is 6.60. The number of anilines is 3. The van der Waals surface area contributed by atoms with Gasteiger partial charge in [0.2, 0.25) is 5.78 Å². The van der Waals surface area contributed by atoms with E-state index in [2.05, 4.69) is 71.5 Å². The third-order valence-electron chi connectivity index (χ3n) is 4.79. The number of rotatable bonds is 4. The van der Waals surface area contributed by atoms with Gasteiger partial charge in [0.25, 0.3) is 0 Å². The molecule has 27 heavy (non-hydrogen) atoms. The monoisotopic (exact) mass is 357 g/mol. The molecule has 0 aliphatic carbocycles. The van der Waals surface area contributed by atoms with E-state index in [1.165, 1.54) is 11.1 Å². The van der Waals surface area contributed by atoms with E-state index in [1.54, 1.807) is 6.20 Å². The highest BCUT2D eigenvalue weighted by Crippen LogP contribution is 2.33. The van der Waals surface area contributed by atoms with Crippen molar-refractivity contribution in [1.29, 1.82) is 0 Å². The molecule has 0 aliphatic rings. The molecule has 2 heterocycles. The Morgan fingerprint density at radius 1 is 0.926 bits per heavy atom. The summed E-state index contributed by atoms with van der Waals surface area (Å²) >= 11 is 0. The fourth-order valence-corrected chi connectivity index (χ4v) is 3.26. The quantitative estimate of drug-likeness (QED) is 0.569. The Labute approximate surface area is 159 Å². The molecule has 5 heteroatoms. The summed E-state index contributed by atoms with van der Waals surface area (Å²) in [6.45, 7) is 4.23. The molecule has 0 fully saturated rings. The van der Waals surface area contributed by atoms with Crippen LogP contribution in [0.5, 0.6) is 0 Å². The second-order valence-electron chi connectivity index (χ2n) is 6.93. The third kappa shape index (κ3) is 3.12. The topological polar surface area (TPSA) is 45.5 Å². The van der Waals surface area contributed by atoms with E-state index in [0.717, 1.165) is 28.5 Å². The number of hydrogen-bond acceptors (Lipinski definition) is 4.